The van der Waals surface area contributed by atoms with Crippen LogP contribution < -0.4 is 5.32 Å². The lowest BCUT2D eigenvalue weighted by molar-refractivity contribution is -0.146. The van der Waals surface area contributed by atoms with Crippen LogP contribution in [0.25, 0.3) is 0 Å². The molecule has 5 nitrogen and oxygen atoms in total. The van der Waals surface area contributed by atoms with E-state index in [0.717, 1.165) is 19.5 Å². The van der Waals surface area contributed by atoms with Crippen LogP contribution in [-0.4, -0.2) is 48.6 Å². The summed E-state index contributed by atoms with van der Waals surface area (Å²) in [5.74, 6) is -1.70. The Balaban J connectivity index is 2.31. The molecule has 17 heavy (non-hydrogen) atoms. The second kappa shape index (κ2) is 6.00. The average molecular weight is 242 g/mol. The SMILES string of the molecule is CC(C(=O)O)C(C)C(=O)NCC1CCN(C)C1. The maximum Gasteiger partial charge on any atom is 0.307 e. The summed E-state index contributed by atoms with van der Waals surface area (Å²) in [6, 6.07) is 0. The Morgan fingerprint density at radius 2 is 2.06 bits per heavy atom. The lowest BCUT2D eigenvalue weighted by atomic mass is 9.95. The molecule has 1 aliphatic rings. The molecule has 0 radical (unpaired) electrons. The van der Waals surface area contributed by atoms with Crippen molar-refractivity contribution < 1.29 is 14.7 Å². The van der Waals surface area contributed by atoms with Gasteiger partial charge in [0.15, 0.2) is 0 Å². The maximum atomic E-state index is 11.7. The van der Waals surface area contributed by atoms with Crippen LogP contribution in [0.2, 0.25) is 0 Å². The average Bonchev–Trinajstić information content (AvgIpc) is 2.69. The predicted molar refractivity (Wildman–Crippen MR) is 64.6 cm³/mol. The highest BCUT2D eigenvalue weighted by molar-refractivity contribution is 5.84. The van der Waals surface area contributed by atoms with E-state index in [4.69, 9.17) is 5.11 Å². The van der Waals surface area contributed by atoms with Gasteiger partial charge in [-0.1, -0.05) is 13.8 Å². The van der Waals surface area contributed by atoms with Gasteiger partial charge >= 0.3 is 5.97 Å². The minimum atomic E-state index is -0.923. The maximum absolute atomic E-state index is 11.7. The summed E-state index contributed by atoms with van der Waals surface area (Å²) in [6.07, 6.45) is 1.10. The number of aliphatic carboxylic acids is 1. The topological polar surface area (TPSA) is 69.6 Å². The van der Waals surface area contributed by atoms with Crippen LogP contribution in [0.4, 0.5) is 0 Å². The van der Waals surface area contributed by atoms with Crippen molar-refractivity contribution in [1.29, 1.82) is 0 Å². The Kier molecular flexibility index (Phi) is 4.93. The smallest absolute Gasteiger partial charge is 0.307 e. The monoisotopic (exact) mass is 242 g/mol. The van der Waals surface area contributed by atoms with E-state index in [2.05, 4.69) is 17.3 Å². The first kappa shape index (κ1) is 14.0. The first-order valence-corrected chi connectivity index (χ1v) is 6.11. The van der Waals surface area contributed by atoms with Gasteiger partial charge in [-0.2, -0.15) is 0 Å². The number of rotatable bonds is 5. The summed E-state index contributed by atoms with van der Waals surface area (Å²) in [4.78, 5) is 24.7. The zero-order valence-corrected chi connectivity index (χ0v) is 10.8. The van der Waals surface area contributed by atoms with Gasteiger partial charge in [-0.05, 0) is 25.9 Å². The van der Waals surface area contributed by atoms with Crippen molar-refractivity contribution in [2.75, 3.05) is 26.7 Å². The van der Waals surface area contributed by atoms with E-state index in [9.17, 15) is 9.59 Å². The van der Waals surface area contributed by atoms with E-state index in [0.29, 0.717) is 12.5 Å². The second-order valence-electron chi connectivity index (χ2n) is 5.08. The minimum Gasteiger partial charge on any atom is -0.481 e. The lowest BCUT2D eigenvalue weighted by Gasteiger charge is -2.17. The molecule has 0 aromatic heterocycles. The molecule has 1 aliphatic heterocycles. The molecule has 1 amide bonds. The zero-order chi connectivity index (χ0) is 13.0. The van der Waals surface area contributed by atoms with Crippen molar-refractivity contribution in [3.05, 3.63) is 0 Å². The third-order valence-corrected chi connectivity index (χ3v) is 3.61. The van der Waals surface area contributed by atoms with Crippen molar-refractivity contribution in [3.63, 3.8) is 0 Å². The van der Waals surface area contributed by atoms with E-state index >= 15 is 0 Å². The zero-order valence-electron chi connectivity index (χ0n) is 10.8. The molecule has 3 atom stereocenters. The van der Waals surface area contributed by atoms with Gasteiger partial charge in [-0.25, -0.2) is 0 Å². The summed E-state index contributed by atoms with van der Waals surface area (Å²) < 4.78 is 0. The fourth-order valence-corrected chi connectivity index (χ4v) is 2.04. The highest BCUT2D eigenvalue weighted by Crippen LogP contribution is 2.14. The normalized spacial score (nSPS) is 24.3. The van der Waals surface area contributed by atoms with Gasteiger partial charge in [0.05, 0.1) is 5.92 Å². The number of likely N-dealkylation sites (tertiary alicyclic amines) is 1. The minimum absolute atomic E-state index is 0.158. The number of nitrogens with zero attached hydrogens (tertiary/aromatic N) is 1. The number of amides is 1. The molecule has 0 spiro atoms. The molecule has 0 saturated carbocycles. The Labute approximate surface area is 102 Å². The van der Waals surface area contributed by atoms with E-state index in [1.807, 2.05) is 0 Å². The van der Waals surface area contributed by atoms with Crippen LogP contribution in [0.5, 0.6) is 0 Å². The molecule has 0 aliphatic carbocycles. The summed E-state index contributed by atoms with van der Waals surface area (Å²) in [5.41, 5.74) is 0. The Bertz CT molecular complexity index is 293. The van der Waals surface area contributed by atoms with Gasteiger partial charge in [0.2, 0.25) is 5.91 Å². The van der Waals surface area contributed by atoms with E-state index in [1.165, 1.54) is 0 Å². The van der Waals surface area contributed by atoms with E-state index in [-0.39, 0.29) is 5.91 Å². The molecule has 1 saturated heterocycles. The first-order chi connectivity index (χ1) is 7.91. The van der Waals surface area contributed by atoms with Crippen LogP contribution in [0.15, 0.2) is 0 Å². The standard InChI is InChI=1S/C12H22N2O3/c1-8(9(2)12(16)17)11(15)13-6-10-4-5-14(3)7-10/h8-10H,4-7H2,1-3H3,(H,13,15)(H,16,17). The summed E-state index contributed by atoms with van der Waals surface area (Å²) in [7, 11) is 2.07. The Morgan fingerprint density at radius 1 is 1.41 bits per heavy atom. The van der Waals surface area contributed by atoms with Crippen LogP contribution in [0.1, 0.15) is 20.3 Å². The highest BCUT2D eigenvalue weighted by atomic mass is 16.4. The lowest BCUT2D eigenvalue weighted by Crippen LogP contribution is -2.38. The molecule has 5 heteroatoms. The number of carbonyl (C=O) groups is 2. The fraction of sp³-hybridized carbons (Fsp3) is 0.833. The first-order valence-electron chi connectivity index (χ1n) is 6.11. The molecular weight excluding hydrogens is 220 g/mol. The van der Waals surface area contributed by atoms with Gasteiger partial charge in [0.25, 0.3) is 0 Å². The van der Waals surface area contributed by atoms with E-state index < -0.39 is 17.8 Å². The van der Waals surface area contributed by atoms with Crippen molar-refractivity contribution in [2.24, 2.45) is 17.8 Å². The largest absolute Gasteiger partial charge is 0.481 e. The molecule has 1 heterocycles. The number of hydrogen-bond donors (Lipinski definition) is 2. The van der Waals surface area contributed by atoms with Gasteiger partial charge in [0, 0.05) is 19.0 Å². The van der Waals surface area contributed by atoms with Crippen LogP contribution in [0.3, 0.4) is 0 Å². The molecule has 3 unspecified atom stereocenters. The van der Waals surface area contributed by atoms with Crippen LogP contribution >= 0.6 is 0 Å². The number of carboxylic acids is 1. The van der Waals surface area contributed by atoms with Crippen molar-refractivity contribution in [2.45, 2.75) is 20.3 Å². The number of hydrogen-bond acceptors (Lipinski definition) is 3. The van der Waals surface area contributed by atoms with Gasteiger partial charge in [-0.15, -0.1) is 0 Å². The van der Waals surface area contributed by atoms with Crippen LogP contribution in [0, 0.1) is 17.8 Å². The second-order valence-corrected chi connectivity index (χ2v) is 5.08. The highest BCUT2D eigenvalue weighted by Gasteiger charge is 2.27. The fourth-order valence-electron chi connectivity index (χ4n) is 2.04. The van der Waals surface area contributed by atoms with Crippen molar-refractivity contribution >= 4 is 11.9 Å². The van der Waals surface area contributed by atoms with Crippen LogP contribution in [-0.2, 0) is 9.59 Å². The quantitative estimate of drug-likeness (QED) is 0.732. The molecule has 1 rings (SSSR count). The van der Waals surface area contributed by atoms with Gasteiger partial charge in [0.1, 0.15) is 0 Å². The third-order valence-electron chi connectivity index (χ3n) is 3.61. The number of carboxylic acid groups (broad SMARTS) is 1. The Morgan fingerprint density at radius 3 is 2.53 bits per heavy atom. The number of carbonyl (C=O) groups excluding carboxylic acids is 1. The Hall–Kier alpha value is -1.10. The summed E-state index contributed by atoms with van der Waals surface area (Å²) in [5, 5.41) is 11.7. The van der Waals surface area contributed by atoms with Crippen molar-refractivity contribution in [3.8, 4) is 0 Å². The summed E-state index contributed by atoms with van der Waals surface area (Å²) >= 11 is 0. The summed E-state index contributed by atoms with van der Waals surface area (Å²) in [6.45, 7) is 5.95. The predicted octanol–water partition coefficient (Wildman–Crippen LogP) is 0.411. The molecule has 98 valence electrons. The number of nitrogens with one attached hydrogen (secondary N) is 1. The van der Waals surface area contributed by atoms with Gasteiger partial charge < -0.3 is 15.3 Å². The van der Waals surface area contributed by atoms with E-state index in [1.54, 1.807) is 13.8 Å². The molecule has 1 fully saturated rings. The molecule has 2 N–H and O–H groups in total. The molecule has 0 aromatic carbocycles. The molecule has 0 bridgehead atoms. The van der Waals surface area contributed by atoms with Crippen molar-refractivity contribution in [1.82, 2.24) is 10.2 Å². The third kappa shape index (κ3) is 4.00. The molecule has 0 aromatic rings. The van der Waals surface area contributed by atoms with Gasteiger partial charge in [-0.3, -0.25) is 9.59 Å². The molecular formula is C12H22N2O3.